The zero-order valence-corrected chi connectivity index (χ0v) is 21.4. The fourth-order valence-corrected chi connectivity index (χ4v) is 5.82. The van der Waals surface area contributed by atoms with Gasteiger partial charge in [-0.3, -0.25) is 19.4 Å². The predicted molar refractivity (Wildman–Crippen MR) is 135 cm³/mol. The second-order valence-electron chi connectivity index (χ2n) is 11.0. The molecule has 190 valence electrons. The minimum atomic E-state index is -0.780. The number of nitrogens with zero attached hydrogens (tertiary/aromatic N) is 2. The van der Waals surface area contributed by atoms with Crippen molar-refractivity contribution < 1.29 is 23.9 Å². The maximum Gasteiger partial charge on any atom is 0.410 e. The number of imide groups is 1. The van der Waals surface area contributed by atoms with Crippen LogP contribution >= 0.6 is 0 Å². The Labute approximate surface area is 212 Å². The van der Waals surface area contributed by atoms with E-state index in [1.165, 1.54) is 9.80 Å². The average molecular weight is 491 g/mol. The molecule has 5 rings (SSSR count). The Morgan fingerprint density at radius 3 is 2.17 bits per heavy atom. The van der Waals surface area contributed by atoms with Crippen LogP contribution in [-0.2, 0) is 19.1 Å². The van der Waals surface area contributed by atoms with Crippen molar-refractivity contribution in [1.82, 2.24) is 9.80 Å². The van der Waals surface area contributed by atoms with Gasteiger partial charge < -0.3 is 9.47 Å². The van der Waals surface area contributed by atoms with Crippen LogP contribution in [0.25, 0.3) is 11.1 Å². The smallest absolute Gasteiger partial charge is 0.410 e. The molecule has 2 aromatic carbocycles. The second kappa shape index (κ2) is 9.36. The Morgan fingerprint density at radius 2 is 1.61 bits per heavy atom. The largest absolute Gasteiger partial charge is 0.448 e. The van der Waals surface area contributed by atoms with Gasteiger partial charge in [-0.25, -0.2) is 4.79 Å². The van der Waals surface area contributed by atoms with Gasteiger partial charge in [0.2, 0.25) is 5.91 Å². The van der Waals surface area contributed by atoms with Gasteiger partial charge >= 0.3 is 6.09 Å². The number of benzene rings is 2. The molecule has 36 heavy (non-hydrogen) atoms. The van der Waals surface area contributed by atoms with E-state index in [2.05, 4.69) is 24.3 Å². The van der Waals surface area contributed by atoms with Gasteiger partial charge in [-0.15, -0.1) is 0 Å². The van der Waals surface area contributed by atoms with Crippen LogP contribution in [0.4, 0.5) is 4.79 Å². The van der Waals surface area contributed by atoms with Crippen molar-refractivity contribution in [2.75, 3.05) is 13.2 Å². The molecule has 3 atom stereocenters. The summed E-state index contributed by atoms with van der Waals surface area (Å²) in [6.45, 7) is 8.15. The van der Waals surface area contributed by atoms with Crippen molar-refractivity contribution in [2.24, 2.45) is 0 Å². The molecule has 0 saturated carbocycles. The SMILES string of the molecule is C[C@@H]1CCC(=O)N1C(=O)[C@H]1C[C@H](OC(C)(C)C)CN1C(=O)OCC1c2ccccc2-c2ccccc21. The van der Waals surface area contributed by atoms with E-state index in [-0.39, 0.29) is 43.0 Å². The molecule has 2 saturated heterocycles. The lowest BCUT2D eigenvalue weighted by molar-refractivity contribution is -0.146. The Hall–Kier alpha value is -3.19. The highest BCUT2D eigenvalue weighted by Gasteiger charge is 2.47. The summed E-state index contributed by atoms with van der Waals surface area (Å²) >= 11 is 0. The van der Waals surface area contributed by atoms with E-state index in [1.54, 1.807) is 0 Å². The van der Waals surface area contributed by atoms with E-state index in [0.717, 1.165) is 22.3 Å². The number of ether oxygens (including phenoxy) is 2. The van der Waals surface area contributed by atoms with Gasteiger partial charge in [-0.1, -0.05) is 48.5 Å². The number of fused-ring (bicyclic) bond motifs is 3. The molecule has 1 aliphatic carbocycles. The van der Waals surface area contributed by atoms with E-state index in [4.69, 9.17) is 9.47 Å². The van der Waals surface area contributed by atoms with E-state index < -0.39 is 17.7 Å². The summed E-state index contributed by atoms with van der Waals surface area (Å²) in [5.41, 5.74) is 4.15. The average Bonchev–Trinajstić information content (AvgIpc) is 3.50. The first-order valence-electron chi connectivity index (χ1n) is 12.8. The van der Waals surface area contributed by atoms with Crippen molar-refractivity contribution in [3.63, 3.8) is 0 Å². The third-order valence-electron chi connectivity index (χ3n) is 7.36. The van der Waals surface area contributed by atoms with E-state index in [9.17, 15) is 14.4 Å². The highest BCUT2D eigenvalue weighted by atomic mass is 16.6. The van der Waals surface area contributed by atoms with Crippen LogP contribution in [0.5, 0.6) is 0 Å². The fourth-order valence-electron chi connectivity index (χ4n) is 5.82. The quantitative estimate of drug-likeness (QED) is 0.579. The highest BCUT2D eigenvalue weighted by Crippen LogP contribution is 2.44. The number of hydrogen-bond donors (Lipinski definition) is 0. The fraction of sp³-hybridized carbons (Fsp3) is 0.483. The van der Waals surface area contributed by atoms with Crippen LogP contribution in [0.3, 0.4) is 0 Å². The molecule has 0 unspecified atom stereocenters. The van der Waals surface area contributed by atoms with Gasteiger partial charge in [-0.05, 0) is 56.4 Å². The van der Waals surface area contributed by atoms with Crippen LogP contribution in [0.15, 0.2) is 48.5 Å². The van der Waals surface area contributed by atoms with E-state index >= 15 is 0 Å². The lowest BCUT2D eigenvalue weighted by atomic mass is 9.98. The first-order chi connectivity index (χ1) is 17.1. The third-order valence-corrected chi connectivity index (χ3v) is 7.36. The van der Waals surface area contributed by atoms with Crippen LogP contribution < -0.4 is 0 Å². The van der Waals surface area contributed by atoms with Crippen LogP contribution in [-0.4, -0.2) is 64.6 Å². The summed E-state index contributed by atoms with van der Waals surface area (Å²) in [6, 6.07) is 15.4. The monoisotopic (exact) mass is 490 g/mol. The summed E-state index contributed by atoms with van der Waals surface area (Å²) in [7, 11) is 0. The van der Waals surface area contributed by atoms with Crippen LogP contribution in [0, 0.1) is 0 Å². The lowest BCUT2D eigenvalue weighted by Gasteiger charge is -2.28. The molecule has 7 nitrogen and oxygen atoms in total. The second-order valence-corrected chi connectivity index (χ2v) is 11.0. The molecule has 0 radical (unpaired) electrons. The normalized spacial score (nSPS) is 23.7. The summed E-state index contributed by atoms with van der Waals surface area (Å²) < 4.78 is 12.0. The van der Waals surface area contributed by atoms with Gasteiger partial charge in [-0.2, -0.15) is 0 Å². The van der Waals surface area contributed by atoms with Crippen molar-refractivity contribution in [3.05, 3.63) is 59.7 Å². The molecule has 0 aromatic heterocycles. The number of hydrogen-bond acceptors (Lipinski definition) is 5. The number of carbonyl (C=O) groups is 3. The maximum atomic E-state index is 13.5. The van der Waals surface area contributed by atoms with E-state index in [1.807, 2.05) is 52.0 Å². The minimum Gasteiger partial charge on any atom is -0.448 e. The molecule has 3 aliphatic rings. The standard InChI is InChI=1S/C29H34N2O5/c1-18-13-14-26(32)31(18)27(33)25-15-19(36-29(2,3)4)16-30(25)28(34)35-17-24-22-11-7-5-9-20(22)21-10-6-8-12-23(21)24/h5-12,18-19,24-25H,13-17H2,1-4H3/t18-,19+,25-/m1/s1. The Bertz CT molecular complexity index is 1140. The van der Waals surface area contributed by atoms with Crippen molar-refractivity contribution in [2.45, 2.75) is 76.7 Å². The number of carbonyl (C=O) groups excluding carboxylic acids is 3. The first kappa shape index (κ1) is 24.5. The molecule has 2 aromatic rings. The summed E-state index contributed by atoms with van der Waals surface area (Å²) in [4.78, 5) is 42.1. The van der Waals surface area contributed by atoms with Crippen molar-refractivity contribution in [1.29, 1.82) is 0 Å². The topological polar surface area (TPSA) is 76.2 Å². The number of likely N-dealkylation sites (tertiary alicyclic amines) is 2. The van der Waals surface area contributed by atoms with Crippen molar-refractivity contribution >= 4 is 17.9 Å². The van der Waals surface area contributed by atoms with Crippen LogP contribution in [0.1, 0.15) is 64.0 Å². The Balaban J connectivity index is 1.35. The van der Waals surface area contributed by atoms with E-state index in [0.29, 0.717) is 19.3 Å². The lowest BCUT2D eigenvalue weighted by Crippen LogP contribution is -2.50. The molecular formula is C29H34N2O5. The number of rotatable bonds is 4. The van der Waals surface area contributed by atoms with Gasteiger partial charge in [0, 0.05) is 24.8 Å². The number of amides is 3. The molecule has 3 amide bonds. The highest BCUT2D eigenvalue weighted by molar-refractivity contribution is 6.00. The predicted octanol–water partition coefficient (Wildman–Crippen LogP) is 4.73. The molecule has 0 N–H and O–H groups in total. The molecule has 7 heteroatoms. The van der Waals surface area contributed by atoms with Gasteiger partial charge in [0.1, 0.15) is 12.6 Å². The Morgan fingerprint density at radius 1 is 1.00 bits per heavy atom. The van der Waals surface area contributed by atoms with Gasteiger partial charge in [0.05, 0.1) is 18.2 Å². The minimum absolute atomic E-state index is 0.0695. The third kappa shape index (κ3) is 4.52. The van der Waals surface area contributed by atoms with Gasteiger partial charge in [0.25, 0.3) is 5.91 Å². The summed E-state index contributed by atoms with van der Waals surface area (Å²) in [6.07, 6.45) is 0.481. The van der Waals surface area contributed by atoms with Gasteiger partial charge in [0.15, 0.2) is 0 Å². The summed E-state index contributed by atoms with van der Waals surface area (Å²) in [5, 5.41) is 0. The molecule has 2 fully saturated rings. The molecule has 0 bridgehead atoms. The van der Waals surface area contributed by atoms with Crippen LogP contribution in [0.2, 0.25) is 0 Å². The molecule has 2 heterocycles. The molecule has 2 aliphatic heterocycles. The molecule has 0 spiro atoms. The zero-order valence-electron chi connectivity index (χ0n) is 21.4. The van der Waals surface area contributed by atoms with Crippen molar-refractivity contribution in [3.8, 4) is 11.1 Å². The summed E-state index contributed by atoms with van der Waals surface area (Å²) in [5.74, 6) is -0.585. The zero-order chi connectivity index (χ0) is 25.6. The molecular weight excluding hydrogens is 456 g/mol. The Kier molecular flexibility index (Phi) is 6.37. The maximum absolute atomic E-state index is 13.5. The first-order valence-corrected chi connectivity index (χ1v) is 12.8.